The monoisotopic (exact) mass is 218 g/mol. The first-order valence-corrected chi connectivity index (χ1v) is 5.48. The zero-order chi connectivity index (χ0) is 12.0. The molecule has 0 fully saturated rings. The minimum absolute atomic E-state index is 0.212. The third-order valence-electron chi connectivity index (χ3n) is 2.26. The Labute approximate surface area is 96.9 Å². The van der Waals surface area contributed by atoms with Crippen molar-refractivity contribution in [3.05, 3.63) is 47.2 Å². The zero-order valence-corrected chi connectivity index (χ0v) is 10.1. The number of hydrogen-bond donors (Lipinski definition) is 0. The third kappa shape index (κ3) is 4.78. The van der Waals surface area contributed by atoms with Crippen LogP contribution in [0, 0.1) is 13.8 Å². The first-order valence-electron chi connectivity index (χ1n) is 5.48. The van der Waals surface area contributed by atoms with E-state index in [0.717, 1.165) is 18.6 Å². The number of carbonyl (C=O) groups excluding carboxylic acids is 1. The van der Waals surface area contributed by atoms with E-state index in [0.29, 0.717) is 0 Å². The average Bonchev–Trinajstić information content (AvgIpc) is 2.17. The van der Waals surface area contributed by atoms with Gasteiger partial charge in [0.2, 0.25) is 0 Å². The molecule has 2 nitrogen and oxygen atoms in total. The van der Waals surface area contributed by atoms with Gasteiger partial charge >= 0.3 is 5.97 Å². The van der Waals surface area contributed by atoms with Gasteiger partial charge in [-0.25, -0.2) is 0 Å². The molecule has 0 atom stereocenters. The molecule has 0 heterocycles. The molecule has 0 N–H and O–H groups in total. The van der Waals surface area contributed by atoms with Crippen molar-refractivity contribution in [1.29, 1.82) is 0 Å². The summed E-state index contributed by atoms with van der Waals surface area (Å²) >= 11 is 0. The fourth-order valence-electron chi connectivity index (χ4n) is 1.18. The molecule has 0 aromatic heterocycles. The Bertz CT molecular complexity index is 353. The van der Waals surface area contributed by atoms with E-state index in [-0.39, 0.29) is 5.97 Å². The van der Waals surface area contributed by atoms with E-state index in [2.05, 4.69) is 38.1 Å². The molecule has 0 spiro atoms. The fraction of sp³-hybridized carbons (Fsp3) is 0.357. The van der Waals surface area contributed by atoms with Crippen LogP contribution in [0.2, 0.25) is 0 Å². The molecule has 16 heavy (non-hydrogen) atoms. The van der Waals surface area contributed by atoms with Crippen molar-refractivity contribution in [2.75, 3.05) is 0 Å². The molecular formula is C14H18O2. The SMILES string of the molecule is CC(=O)OC1=CCC1.Cc1ccc(C)cc1. The summed E-state index contributed by atoms with van der Waals surface area (Å²) in [6.45, 7) is 5.61. The summed E-state index contributed by atoms with van der Waals surface area (Å²) in [7, 11) is 0. The molecule has 0 amide bonds. The number of carbonyl (C=O) groups is 1. The number of aryl methyl sites for hydroxylation is 2. The topological polar surface area (TPSA) is 26.3 Å². The molecule has 2 rings (SSSR count). The van der Waals surface area contributed by atoms with Gasteiger partial charge < -0.3 is 4.74 Å². The van der Waals surface area contributed by atoms with Crippen molar-refractivity contribution in [1.82, 2.24) is 0 Å². The zero-order valence-electron chi connectivity index (χ0n) is 10.1. The highest BCUT2D eigenvalue weighted by molar-refractivity contribution is 5.67. The van der Waals surface area contributed by atoms with Crippen LogP contribution in [0.5, 0.6) is 0 Å². The standard InChI is InChI=1S/C8H10.C6H8O2/c1-7-3-5-8(2)6-4-7;1-5(7)8-6-3-2-4-6/h3-6H,1-2H3;3H,2,4H2,1H3. The van der Waals surface area contributed by atoms with Crippen molar-refractivity contribution < 1.29 is 9.53 Å². The molecule has 0 unspecified atom stereocenters. The second-order valence-electron chi connectivity index (χ2n) is 3.96. The normalized spacial score (nSPS) is 12.8. The molecule has 86 valence electrons. The molecule has 1 aromatic rings. The van der Waals surface area contributed by atoms with E-state index < -0.39 is 0 Å². The van der Waals surface area contributed by atoms with Gasteiger partial charge in [0.05, 0.1) is 0 Å². The van der Waals surface area contributed by atoms with E-state index in [4.69, 9.17) is 4.74 Å². The lowest BCUT2D eigenvalue weighted by Crippen LogP contribution is -2.03. The van der Waals surface area contributed by atoms with Crippen molar-refractivity contribution in [3.63, 3.8) is 0 Å². The van der Waals surface area contributed by atoms with Gasteiger partial charge in [-0.3, -0.25) is 4.79 Å². The Kier molecular flexibility index (Phi) is 4.77. The molecule has 1 aliphatic rings. The third-order valence-corrected chi connectivity index (χ3v) is 2.26. The summed E-state index contributed by atoms with van der Waals surface area (Å²) < 4.78 is 4.71. The maximum atomic E-state index is 10.2. The van der Waals surface area contributed by atoms with Crippen LogP contribution in [0.1, 0.15) is 30.9 Å². The van der Waals surface area contributed by atoms with E-state index >= 15 is 0 Å². The van der Waals surface area contributed by atoms with Gasteiger partial charge in [0.1, 0.15) is 5.76 Å². The van der Waals surface area contributed by atoms with Crippen LogP contribution >= 0.6 is 0 Å². The summed E-state index contributed by atoms with van der Waals surface area (Å²) in [5.41, 5.74) is 2.66. The summed E-state index contributed by atoms with van der Waals surface area (Å²) in [6.07, 6.45) is 3.91. The molecule has 0 saturated carbocycles. The van der Waals surface area contributed by atoms with Gasteiger partial charge in [-0.1, -0.05) is 35.4 Å². The smallest absolute Gasteiger partial charge is 0.307 e. The molecule has 1 aliphatic carbocycles. The first-order chi connectivity index (χ1) is 7.58. The Hall–Kier alpha value is -1.57. The Morgan fingerprint density at radius 3 is 1.75 bits per heavy atom. The quantitative estimate of drug-likeness (QED) is 0.674. The highest BCUT2D eigenvalue weighted by Crippen LogP contribution is 2.18. The number of esters is 1. The first kappa shape index (κ1) is 12.5. The highest BCUT2D eigenvalue weighted by Gasteiger charge is 2.07. The predicted octanol–water partition coefficient (Wildman–Crippen LogP) is 3.53. The van der Waals surface area contributed by atoms with Crippen LogP contribution in [0.3, 0.4) is 0 Å². The maximum absolute atomic E-state index is 10.2. The van der Waals surface area contributed by atoms with Gasteiger partial charge in [0, 0.05) is 13.3 Å². The fourth-order valence-corrected chi connectivity index (χ4v) is 1.18. The maximum Gasteiger partial charge on any atom is 0.307 e. The van der Waals surface area contributed by atoms with E-state index in [1.54, 1.807) is 0 Å². The number of rotatable bonds is 1. The van der Waals surface area contributed by atoms with Gasteiger partial charge in [0.15, 0.2) is 0 Å². The lowest BCUT2D eigenvalue weighted by molar-refractivity contribution is -0.137. The van der Waals surface area contributed by atoms with Crippen LogP contribution in [0.4, 0.5) is 0 Å². The molecule has 0 saturated heterocycles. The molecule has 0 bridgehead atoms. The van der Waals surface area contributed by atoms with Gasteiger partial charge in [-0.05, 0) is 26.3 Å². The minimum atomic E-state index is -0.212. The number of allylic oxidation sites excluding steroid dienone is 2. The highest BCUT2D eigenvalue weighted by atomic mass is 16.5. The van der Waals surface area contributed by atoms with Crippen LogP contribution < -0.4 is 0 Å². The van der Waals surface area contributed by atoms with Gasteiger partial charge in [-0.15, -0.1) is 0 Å². The second kappa shape index (κ2) is 6.11. The van der Waals surface area contributed by atoms with Crippen molar-refractivity contribution in [2.45, 2.75) is 33.6 Å². The average molecular weight is 218 g/mol. The van der Waals surface area contributed by atoms with E-state index in [1.807, 2.05) is 6.08 Å². The summed E-state index contributed by atoms with van der Waals surface area (Å²) in [5, 5.41) is 0. The van der Waals surface area contributed by atoms with Crippen LogP contribution in [0.25, 0.3) is 0 Å². The summed E-state index contributed by atoms with van der Waals surface area (Å²) in [6, 6.07) is 8.48. The van der Waals surface area contributed by atoms with Crippen LogP contribution in [-0.4, -0.2) is 5.97 Å². The summed E-state index contributed by atoms with van der Waals surface area (Å²) in [4.78, 5) is 10.2. The van der Waals surface area contributed by atoms with Crippen LogP contribution in [-0.2, 0) is 9.53 Å². The van der Waals surface area contributed by atoms with Gasteiger partial charge in [-0.2, -0.15) is 0 Å². The predicted molar refractivity (Wildman–Crippen MR) is 65.0 cm³/mol. The molecule has 2 heteroatoms. The van der Waals surface area contributed by atoms with Crippen LogP contribution in [0.15, 0.2) is 36.1 Å². The lowest BCUT2D eigenvalue weighted by Gasteiger charge is -2.11. The molecule has 1 aromatic carbocycles. The summed E-state index contributed by atoms with van der Waals surface area (Å²) in [5.74, 6) is 0.619. The van der Waals surface area contributed by atoms with E-state index in [9.17, 15) is 4.79 Å². The molecular weight excluding hydrogens is 200 g/mol. The minimum Gasteiger partial charge on any atom is -0.432 e. The number of benzene rings is 1. The Morgan fingerprint density at radius 1 is 1.12 bits per heavy atom. The second-order valence-corrected chi connectivity index (χ2v) is 3.96. The van der Waals surface area contributed by atoms with Crippen molar-refractivity contribution in [3.8, 4) is 0 Å². The largest absolute Gasteiger partial charge is 0.432 e. The number of ether oxygens (including phenoxy) is 1. The molecule has 0 aliphatic heterocycles. The Morgan fingerprint density at radius 2 is 1.56 bits per heavy atom. The van der Waals surface area contributed by atoms with Gasteiger partial charge in [0.25, 0.3) is 0 Å². The van der Waals surface area contributed by atoms with E-state index in [1.165, 1.54) is 18.1 Å². The molecule has 0 radical (unpaired) electrons. The number of hydrogen-bond acceptors (Lipinski definition) is 2. The lowest BCUT2D eigenvalue weighted by atomic mass is 10.1. The van der Waals surface area contributed by atoms with Crippen molar-refractivity contribution >= 4 is 5.97 Å². The van der Waals surface area contributed by atoms with Crippen molar-refractivity contribution in [2.24, 2.45) is 0 Å². The Balaban J connectivity index is 0.000000160.